The highest BCUT2D eigenvalue weighted by atomic mass is 35.5. The summed E-state index contributed by atoms with van der Waals surface area (Å²) >= 11 is 7.20. The van der Waals surface area contributed by atoms with Crippen molar-refractivity contribution < 1.29 is 9.90 Å². The lowest BCUT2D eigenvalue weighted by molar-refractivity contribution is -0.116. The Morgan fingerprint density at radius 2 is 2.25 bits per heavy atom. The van der Waals surface area contributed by atoms with Gasteiger partial charge < -0.3 is 10.0 Å². The molecular weight excluding hydrogens is 246 g/mol. The molecular formula is C11H16ClNO2S. The molecule has 3 nitrogen and oxygen atoms in total. The van der Waals surface area contributed by atoms with Crippen LogP contribution in [0.25, 0.3) is 0 Å². The van der Waals surface area contributed by atoms with Crippen molar-refractivity contribution in [2.24, 2.45) is 0 Å². The van der Waals surface area contributed by atoms with Gasteiger partial charge in [-0.15, -0.1) is 22.9 Å². The summed E-state index contributed by atoms with van der Waals surface area (Å²) < 4.78 is 0. The summed E-state index contributed by atoms with van der Waals surface area (Å²) in [6, 6.07) is -0.252. The first kappa shape index (κ1) is 13.5. The molecule has 90 valence electrons. The van der Waals surface area contributed by atoms with Gasteiger partial charge in [-0.2, -0.15) is 0 Å². The number of nitrogens with zero attached hydrogens (tertiary/aromatic N) is 1. The molecule has 1 amide bonds. The number of aliphatic hydroxyl groups excluding tert-OH is 1. The molecule has 1 aromatic rings. The lowest BCUT2D eigenvalue weighted by atomic mass is 10.2. The number of thiophene rings is 1. The second-order valence-corrected chi connectivity index (χ2v) is 5.10. The van der Waals surface area contributed by atoms with Crippen LogP contribution in [0, 0.1) is 13.8 Å². The molecule has 0 saturated carbocycles. The van der Waals surface area contributed by atoms with Crippen LogP contribution in [-0.4, -0.2) is 29.5 Å². The summed E-state index contributed by atoms with van der Waals surface area (Å²) in [6.07, 6.45) is 0. The Morgan fingerprint density at radius 3 is 2.62 bits per heavy atom. The molecule has 1 N–H and O–H groups in total. The average Bonchev–Trinajstić information content (AvgIpc) is 2.60. The van der Waals surface area contributed by atoms with E-state index in [1.54, 1.807) is 23.2 Å². The predicted octanol–water partition coefficient (Wildman–Crippen LogP) is 2.32. The van der Waals surface area contributed by atoms with Crippen LogP contribution >= 0.6 is 22.9 Å². The largest absolute Gasteiger partial charge is 0.394 e. The second kappa shape index (κ2) is 5.66. The molecule has 1 rings (SSSR count). The minimum absolute atomic E-state index is 0.0704. The number of rotatable bonds is 4. The average molecular weight is 262 g/mol. The maximum Gasteiger partial charge on any atom is 0.242 e. The minimum Gasteiger partial charge on any atom is -0.394 e. The van der Waals surface area contributed by atoms with Gasteiger partial charge in [0.05, 0.1) is 18.3 Å². The van der Waals surface area contributed by atoms with E-state index in [1.807, 2.05) is 19.2 Å². The number of halogens is 1. The first-order valence-corrected chi connectivity index (χ1v) is 6.47. The van der Waals surface area contributed by atoms with Gasteiger partial charge in [0.25, 0.3) is 0 Å². The van der Waals surface area contributed by atoms with Gasteiger partial charge in [0.1, 0.15) is 5.88 Å². The van der Waals surface area contributed by atoms with Gasteiger partial charge in [-0.1, -0.05) is 0 Å². The first-order valence-electron chi connectivity index (χ1n) is 5.06. The summed E-state index contributed by atoms with van der Waals surface area (Å²) in [5.41, 5.74) is 1.93. The molecule has 1 heterocycles. The topological polar surface area (TPSA) is 40.5 Å². The van der Waals surface area contributed by atoms with Crippen molar-refractivity contribution in [3.63, 3.8) is 0 Å². The lowest BCUT2D eigenvalue weighted by Crippen LogP contribution is -2.42. The van der Waals surface area contributed by atoms with Crippen LogP contribution in [0.2, 0.25) is 0 Å². The van der Waals surface area contributed by atoms with Gasteiger partial charge in [0, 0.05) is 4.88 Å². The number of anilines is 1. The third-order valence-electron chi connectivity index (χ3n) is 2.45. The highest BCUT2D eigenvalue weighted by Crippen LogP contribution is 2.31. The number of aryl methyl sites for hydroxylation is 2. The van der Waals surface area contributed by atoms with E-state index in [2.05, 4.69) is 0 Å². The van der Waals surface area contributed by atoms with Crippen molar-refractivity contribution >= 4 is 34.5 Å². The molecule has 0 bridgehead atoms. The molecule has 0 spiro atoms. The summed E-state index contributed by atoms with van der Waals surface area (Å²) in [7, 11) is 0. The van der Waals surface area contributed by atoms with Crippen molar-refractivity contribution in [1.29, 1.82) is 0 Å². The summed E-state index contributed by atoms with van der Waals surface area (Å²) in [6.45, 7) is 5.65. The minimum atomic E-state index is -0.252. The molecule has 16 heavy (non-hydrogen) atoms. The van der Waals surface area contributed by atoms with E-state index in [9.17, 15) is 9.90 Å². The molecule has 0 aromatic carbocycles. The zero-order valence-electron chi connectivity index (χ0n) is 9.66. The zero-order chi connectivity index (χ0) is 12.3. The zero-order valence-corrected chi connectivity index (χ0v) is 11.2. The SMILES string of the molecule is Cc1csc(C)c1N(C(=O)CCl)[C@@H](C)CO. The molecule has 0 aliphatic rings. The lowest BCUT2D eigenvalue weighted by Gasteiger charge is -2.28. The van der Waals surface area contributed by atoms with Crippen molar-refractivity contribution in [3.05, 3.63) is 15.8 Å². The Balaban J connectivity index is 3.15. The van der Waals surface area contributed by atoms with Crippen LogP contribution in [0.3, 0.4) is 0 Å². The third kappa shape index (κ3) is 2.56. The van der Waals surface area contributed by atoms with Gasteiger partial charge >= 0.3 is 0 Å². The summed E-state index contributed by atoms with van der Waals surface area (Å²) in [5, 5.41) is 11.2. The maximum atomic E-state index is 11.8. The van der Waals surface area contributed by atoms with Crippen molar-refractivity contribution in [2.45, 2.75) is 26.8 Å². The molecule has 0 aliphatic carbocycles. The fourth-order valence-corrected chi connectivity index (χ4v) is 2.63. The molecule has 0 saturated heterocycles. The quantitative estimate of drug-likeness (QED) is 0.845. The van der Waals surface area contributed by atoms with Crippen LogP contribution in [0.15, 0.2) is 5.38 Å². The van der Waals surface area contributed by atoms with Gasteiger partial charge in [0.15, 0.2) is 0 Å². The highest BCUT2D eigenvalue weighted by Gasteiger charge is 2.24. The smallest absolute Gasteiger partial charge is 0.242 e. The Labute approximate surface area is 105 Å². The van der Waals surface area contributed by atoms with E-state index < -0.39 is 0 Å². The van der Waals surface area contributed by atoms with Crippen LogP contribution in [0.4, 0.5) is 5.69 Å². The van der Waals surface area contributed by atoms with E-state index in [0.717, 1.165) is 16.1 Å². The number of amides is 1. The number of hydrogen-bond donors (Lipinski definition) is 1. The number of carbonyl (C=O) groups is 1. The van der Waals surface area contributed by atoms with Crippen molar-refractivity contribution in [1.82, 2.24) is 0 Å². The fourth-order valence-electron chi connectivity index (χ4n) is 1.66. The third-order valence-corrected chi connectivity index (χ3v) is 3.70. The van der Waals surface area contributed by atoms with Crippen LogP contribution in [0.1, 0.15) is 17.4 Å². The number of aliphatic hydroxyl groups is 1. The van der Waals surface area contributed by atoms with Gasteiger partial charge in [-0.05, 0) is 31.7 Å². The Morgan fingerprint density at radius 1 is 1.62 bits per heavy atom. The van der Waals surface area contributed by atoms with Gasteiger partial charge in [0.2, 0.25) is 5.91 Å². The van der Waals surface area contributed by atoms with Crippen molar-refractivity contribution in [3.8, 4) is 0 Å². The predicted molar refractivity (Wildman–Crippen MR) is 68.5 cm³/mol. The summed E-state index contributed by atoms with van der Waals surface area (Å²) in [4.78, 5) is 14.5. The maximum absolute atomic E-state index is 11.8. The molecule has 0 unspecified atom stereocenters. The molecule has 1 aromatic heterocycles. The van der Waals surface area contributed by atoms with E-state index in [0.29, 0.717) is 0 Å². The molecule has 5 heteroatoms. The van der Waals surface area contributed by atoms with Gasteiger partial charge in [-0.25, -0.2) is 0 Å². The van der Waals surface area contributed by atoms with E-state index in [-0.39, 0.29) is 24.4 Å². The standard InChI is InChI=1S/C11H16ClNO2S/c1-7-6-16-9(3)11(7)13(8(2)5-14)10(15)4-12/h6,8,14H,4-5H2,1-3H3/t8-/m0/s1. The van der Waals surface area contributed by atoms with E-state index in [1.165, 1.54) is 0 Å². The normalized spacial score (nSPS) is 12.6. The second-order valence-electron chi connectivity index (χ2n) is 3.75. The Kier molecular flexibility index (Phi) is 4.77. The van der Waals surface area contributed by atoms with E-state index in [4.69, 9.17) is 11.6 Å². The molecule has 1 atom stereocenters. The first-order chi connectivity index (χ1) is 7.52. The monoisotopic (exact) mass is 261 g/mol. The Hall–Kier alpha value is -0.580. The summed E-state index contributed by atoms with van der Waals surface area (Å²) in [5.74, 6) is -0.244. The molecule has 0 aliphatic heterocycles. The number of carbonyl (C=O) groups excluding carboxylic acids is 1. The number of alkyl halides is 1. The Bertz CT molecular complexity index is 359. The fraction of sp³-hybridized carbons (Fsp3) is 0.545. The van der Waals surface area contributed by atoms with Gasteiger partial charge in [-0.3, -0.25) is 4.79 Å². The van der Waals surface area contributed by atoms with E-state index >= 15 is 0 Å². The van der Waals surface area contributed by atoms with Crippen LogP contribution in [0.5, 0.6) is 0 Å². The molecule has 0 fully saturated rings. The number of hydrogen-bond acceptors (Lipinski definition) is 3. The highest BCUT2D eigenvalue weighted by molar-refractivity contribution is 7.10. The van der Waals surface area contributed by atoms with Crippen LogP contribution < -0.4 is 4.90 Å². The van der Waals surface area contributed by atoms with Crippen LogP contribution in [-0.2, 0) is 4.79 Å². The van der Waals surface area contributed by atoms with Crippen molar-refractivity contribution in [2.75, 3.05) is 17.4 Å². The molecule has 0 radical (unpaired) electrons.